The minimum atomic E-state index is -0.854. The van der Waals surface area contributed by atoms with Crippen LogP contribution in [0.3, 0.4) is 0 Å². The Morgan fingerprint density at radius 3 is 2.30 bits per heavy atom. The van der Waals surface area contributed by atoms with Crippen molar-refractivity contribution < 1.29 is 14.3 Å². The summed E-state index contributed by atoms with van der Waals surface area (Å²) >= 11 is 0. The summed E-state index contributed by atoms with van der Waals surface area (Å²) in [4.78, 5) is 26.2. The number of esters is 1. The number of para-hydroxylation sites is 1. The lowest BCUT2D eigenvalue weighted by molar-refractivity contribution is -0.126. The van der Waals surface area contributed by atoms with E-state index >= 15 is 0 Å². The van der Waals surface area contributed by atoms with Crippen LogP contribution in [0.5, 0.6) is 0 Å². The van der Waals surface area contributed by atoms with Crippen molar-refractivity contribution in [3.05, 3.63) is 65.2 Å². The molecule has 1 amide bonds. The number of rotatable bonds is 4. The molecule has 23 heavy (non-hydrogen) atoms. The lowest BCUT2D eigenvalue weighted by Crippen LogP contribution is -2.37. The number of ether oxygens (including phenoxy) is 1. The molecule has 0 aliphatic heterocycles. The molecule has 4 nitrogen and oxygen atoms in total. The normalized spacial score (nSPS) is 11.7. The average Bonchev–Trinajstić information content (AvgIpc) is 2.56. The van der Waals surface area contributed by atoms with Gasteiger partial charge < -0.3 is 9.64 Å². The van der Waals surface area contributed by atoms with Crippen LogP contribution in [0.15, 0.2) is 48.5 Å². The molecule has 120 valence electrons. The van der Waals surface area contributed by atoms with E-state index < -0.39 is 12.1 Å². The van der Waals surface area contributed by atoms with E-state index in [0.29, 0.717) is 5.56 Å². The van der Waals surface area contributed by atoms with Crippen LogP contribution in [-0.4, -0.2) is 25.0 Å². The molecule has 2 aromatic carbocycles. The molecule has 0 heterocycles. The number of carbonyl (C=O) groups is 2. The van der Waals surface area contributed by atoms with Crippen molar-refractivity contribution in [2.24, 2.45) is 0 Å². The van der Waals surface area contributed by atoms with Gasteiger partial charge in [0.2, 0.25) is 0 Å². The SMILES string of the molecule is Cc1cccc(C(=O)O[C@@H](C)C(=O)N(C)c2ccccc2)c1C. The highest BCUT2D eigenvalue weighted by molar-refractivity contribution is 5.99. The van der Waals surface area contributed by atoms with Gasteiger partial charge in [-0.2, -0.15) is 0 Å². The number of aryl methyl sites for hydroxylation is 1. The summed E-state index contributed by atoms with van der Waals surface area (Å²) in [5.41, 5.74) is 3.13. The van der Waals surface area contributed by atoms with Crippen LogP contribution in [0.25, 0.3) is 0 Å². The van der Waals surface area contributed by atoms with E-state index in [1.807, 2.05) is 56.3 Å². The van der Waals surface area contributed by atoms with Crippen LogP contribution in [0.2, 0.25) is 0 Å². The summed E-state index contributed by atoms with van der Waals surface area (Å²) in [5, 5.41) is 0. The molecule has 0 aromatic heterocycles. The maximum atomic E-state index is 12.4. The molecule has 0 aliphatic carbocycles. The Morgan fingerprint density at radius 2 is 1.65 bits per heavy atom. The van der Waals surface area contributed by atoms with Crippen LogP contribution in [0.4, 0.5) is 5.69 Å². The molecule has 1 atom stereocenters. The van der Waals surface area contributed by atoms with Crippen molar-refractivity contribution in [2.45, 2.75) is 26.9 Å². The Hall–Kier alpha value is -2.62. The number of anilines is 1. The molecule has 0 bridgehead atoms. The average molecular weight is 311 g/mol. The fourth-order valence-corrected chi connectivity index (χ4v) is 2.30. The molecule has 0 fully saturated rings. The van der Waals surface area contributed by atoms with Gasteiger partial charge in [0.15, 0.2) is 6.10 Å². The smallest absolute Gasteiger partial charge is 0.339 e. The van der Waals surface area contributed by atoms with E-state index in [4.69, 9.17) is 4.74 Å². The summed E-state index contributed by atoms with van der Waals surface area (Å²) in [7, 11) is 1.67. The van der Waals surface area contributed by atoms with Gasteiger partial charge in [-0.05, 0) is 50.1 Å². The van der Waals surface area contributed by atoms with Crippen LogP contribution >= 0.6 is 0 Å². The summed E-state index contributed by atoms with van der Waals surface area (Å²) < 4.78 is 5.35. The van der Waals surface area contributed by atoms with Gasteiger partial charge in [0, 0.05) is 12.7 Å². The van der Waals surface area contributed by atoms with Crippen molar-refractivity contribution >= 4 is 17.6 Å². The van der Waals surface area contributed by atoms with Crippen molar-refractivity contribution in [1.82, 2.24) is 0 Å². The van der Waals surface area contributed by atoms with Crippen molar-refractivity contribution in [1.29, 1.82) is 0 Å². The van der Waals surface area contributed by atoms with Gasteiger partial charge >= 0.3 is 5.97 Å². The standard InChI is InChI=1S/C19H21NO3/c1-13-9-8-12-17(14(13)2)19(22)23-15(3)18(21)20(4)16-10-6-5-7-11-16/h5-12,15H,1-4H3/t15-/m0/s1. The second kappa shape index (κ2) is 7.09. The Labute approximate surface area is 136 Å². The monoisotopic (exact) mass is 311 g/mol. The van der Waals surface area contributed by atoms with Gasteiger partial charge in [0.25, 0.3) is 5.91 Å². The fraction of sp³-hybridized carbons (Fsp3) is 0.263. The van der Waals surface area contributed by atoms with Crippen LogP contribution in [0.1, 0.15) is 28.4 Å². The zero-order valence-electron chi connectivity index (χ0n) is 13.9. The molecule has 0 saturated heterocycles. The first kappa shape index (κ1) is 16.7. The molecule has 2 aromatic rings. The zero-order valence-corrected chi connectivity index (χ0v) is 13.9. The predicted molar refractivity (Wildman–Crippen MR) is 90.6 cm³/mol. The first-order valence-electron chi connectivity index (χ1n) is 7.51. The first-order valence-corrected chi connectivity index (χ1v) is 7.51. The Kier molecular flexibility index (Phi) is 5.16. The number of carbonyl (C=O) groups excluding carboxylic acids is 2. The van der Waals surface area contributed by atoms with Gasteiger partial charge in [0.05, 0.1) is 5.56 Å². The zero-order chi connectivity index (χ0) is 17.0. The van der Waals surface area contributed by atoms with E-state index in [1.165, 1.54) is 4.90 Å². The summed E-state index contributed by atoms with van der Waals surface area (Å²) in [6.07, 6.45) is -0.854. The highest BCUT2D eigenvalue weighted by Crippen LogP contribution is 2.17. The third-order valence-electron chi connectivity index (χ3n) is 3.93. The number of hydrogen-bond donors (Lipinski definition) is 0. The van der Waals surface area contributed by atoms with E-state index in [1.54, 1.807) is 20.0 Å². The van der Waals surface area contributed by atoms with Gasteiger partial charge in [-0.25, -0.2) is 4.79 Å². The Bertz CT molecular complexity index is 710. The minimum absolute atomic E-state index is 0.269. The number of nitrogens with zero attached hydrogens (tertiary/aromatic N) is 1. The highest BCUT2D eigenvalue weighted by Gasteiger charge is 2.23. The second-order valence-electron chi connectivity index (χ2n) is 5.53. The maximum Gasteiger partial charge on any atom is 0.339 e. The predicted octanol–water partition coefficient (Wildman–Crippen LogP) is 3.51. The Balaban J connectivity index is 2.09. The molecular weight excluding hydrogens is 290 g/mol. The third-order valence-corrected chi connectivity index (χ3v) is 3.93. The van der Waals surface area contributed by atoms with Crippen LogP contribution in [-0.2, 0) is 9.53 Å². The van der Waals surface area contributed by atoms with Gasteiger partial charge in [0.1, 0.15) is 0 Å². The summed E-state index contributed by atoms with van der Waals surface area (Å²) in [5.74, 6) is -0.747. The number of amides is 1. The molecule has 2 rings (SSSR count). The quantitative estimate of drug-likeness (QED) is 0.812. The second-order valence-corrected chi connectivity index (χ2v) is 5.53. The number of likely N-dealkylation sites (N-methyl/N-ethyl adjacent to an activating group) is 1. The fourth-order valence-electron chi connectivity index (χ4n) is 2.30. The maximum absolute atomic E-state index is 12.4. The molecule has 0 spiro atoms. The first-order chi connectivity index (χ1) is 10.9. The lowest BCUT2D eigenvalue weighted by atomic mass is 10.0. The Morgan fingerprint density at radius 1 is 1.00 bits per heavy atom. The largest absolute Gasteiger partial charge is 0.449 e. The van der Waals surface area contributed by atoms with Crippen LogP contribution < -0.4 is 4.90 Å². The minimum Gasteiger partial charge on any atom is -0.449 e. The highest BCUT2D eigenvalue weighted by atomic mass is 16.5. The summed E-state index contributed by atoms with van der Waals surface area (Å²) in [6.45, 7) is 5.39. The number of hydrogen-bond acceptors (Lipinski definition) is 3. The van der Waals surface area contributed by atoms with E-state index in [2.05, 4.69) is 0 Å². The van der Waals surface area contributed by atoms with Gasteiger partial charge in [-0.15, -0.1) is 0 Å². The molecule has 0 aliphatic rings. The van der Waals surface area contributed by atoms with E-state index in [9.17, 15) is 9.59 Å². The molecule has 4 heteroatoms. The van der Waals surface area contributed by atoms with E-state index in [-0.39, 0.29) is 5.91 Å². The van der Waals surface area contributed by atoms with Crippen molar-refractivity contribution in [3.63, 3.8) is 0 Å². The topological polar surface area (TPSA) is 46.6 Å². The summed E-state index contributed by atoms with van der Waals surface area (Å²) in [6, 6.07) is 14.7. The van der Waals surface area contributed by atoms with E-state index in [0.717, 1.165) is 16.8 Å². The van der Waals surface area contributed by atoms with Crippen LogP contribution in [0, 0.1) is 13.8 Å². The molecule has 0 unspecified atom stereocenters. The molecule has 0 N–H and O–H groups in total. The third kappa shape index (κ3) is 3.77. The van der Waals surface area contributed by atoms with Gasteiger partial charge in [-0.1, -0.05) is 30.3 Å². The van der Waals surface area contributed by atoms with Crippen molar-refractivity contribution in [3.8, 4) is 0 Å². The van der Waals surface area contributed by atoms with Gasteiger partial charge in [-0.3, -0.25) is 4.79 Å². The lowest BCUT2D eigenvalue weighted by Gasteiger charge is -2.22. The molecular formula is C19H21NO3. The molecule has 0 radical (unpaired) electrons. The molecule has 0 saturated carbocycles. The van der Waals surface area contributed by atoms with Crippen molar-refractivity contribution in [2.75, 3.05) is 11.9 Å². The number of benzene rings is 2.